The maximum Gasteiger partial charge on any atom is 0.223 e. The van der Waals surface area contributed by atoms with E-state index in [9.17, 15) is 4.79 Å². The van der Waals surface area contributed by atoms with Crippen molar-refractivity contribution in [1.29, 1.82) is 0 Å². The summed E-state index contributed by atoms with van der Waals surface area (Å²) in [6, 6.07) is 0. The summed E-state index contributed by atoms with van der Waals surface area (Å²) in [5, 5.41) is 3.28. The number of nitrogens with zero attached hydrogens (tertiary/aromatic N) is 2. The van der Waals surface area contributed by atoms with Crippen molar-refractivity contribution in [2.45, 2.75) is 26.2 Å². The molecule has 2 aliphatic rings. The summed E-state index contributed by atoms with van der Waals surface area (Å²) in [5.74, 6) is 1.14. The molecule has 17 heavy (non-hydrogen) atoms. The molecule has 0 saturated carbocycles. The summed E-state index contributed by atoms with van der Waals surface area (Å²) in [5.41, 5.74) is 0. The van der Waals surface area contributed by atoms with Gasteiger partial charge in [-0.25, -0.2) is 0 Å². The van der Waals surface area contributed by atoms with E-state index in [0.29, 0.717) is 12.3 Å². The molecule has 2 heterocycles. The maximum atomic E-state index is 12.0. The molecule has 0 bridgehead atoms. The second-order valence-corrected chi connectivity index (χ2v) is 5.43. The molecule has 0 radical (unpaired) electrons. The number of hydrogen-bond donors (Lipinski definition) is 1. The second kappa shape index (κ2) is 6.36. The molecule has 0 spiro atoms. The highest BCUT2D eigenvalue weighted by Crippen LogP contribution is 2.15. The molecule has 1 atom stereocenters. The molecule has 0 aromatic heterocycles. The van der Waals surface area contributed by atoms with Crippen LogP contribution < -0.4 is 5.32 Å². The Hall–Kier alpha value is -0.610. The smallest absolute Gasteiger partial charge is 0.223 e. The summed E-state index contributed by atoms with van der Waals surface area (Å²) >= 11 is 0. The van der Waals surface area contributed by atoms with Gasteiger partial charge in [0.05, 0.1) is 0 Å². The van der Waals surface area contributed by atoms with Gasteiger partial charge in [-0.05, 0) is 25.3 Å². The van der Waals surface area contributed by atoms with E-state index in [1.54, 1.807) is 0 Å². The lowest BCUT2D eigenvalue weighted by Crippen LogP contribution is -2.47. The number of piperazine rings is 1. The van der Waals surface area contributed by atoms with Crippen LogP contribution in [0.15, 0.2) is 0 Å². The van der Waals surface area contributed by atoms with Gasteiger partial charge in [0.25, 0.3) is 0 Å². The first kappa shape index (κ1) is 12.8. The normalized spacial score (nSPS) is 27.1. The van der Waals surface area contributed by atoms with Gasteiger partial charge >= 0.3 is 0 Å². The van der Waals surface area contributed by atoms with Crippen molar-refractivity contribution in [2.24, 2.45) is 5.92 Å². The first-order chi connectivity index (χ1) is 8.25. The topological polar surface area (TPSA) is 35.6 Å². The largest absolute Gasteiger partial charge is 0.340 e. The molecule has 4 nitrogen and oxygen atoms in total. The fourth-order valence-corrected chi connectivity index (χ4v) is 2.82. The lowest BCUT2D eigenvalue weighted by Gasteiger charge is -2.32. The highest BCUT2D eigenvalue weighted by Gasteiger charge is 2.19. The molecule has 1 N–H and O–H groups in total. The van der Waals surface area contributed by atoms with Crippen LogP contribution in [-0.4, -0.2) is 61.5 Å². The predicted molar refractivity (Wildman–Crippen MR) is 68.9 cm³/mol. The molecule has 2 fully saturated rings. The van der Waals surface area contributed by atoms with E-state index < -0.39 is 0 Å². The van der Waals surface area contributed by atoms with Crippen molar-refractivity contribution in [1.82, 2.24) is 15.1 Å². The summed E-state index contributed by atoms with van der Waals surface area (Å²) in [6.07, 6.45) is 3.35. The van der Waals surface area contributed by atoms with Gasteiger partial charge in [0, 0.05) is 45.7 Å². The lowest BCUT2D eigenvalue weighted by molar-refractivity contribution is -0.132. The van der Waals surface area contributed by atoms with Gasteiger partial charge in [0.2, 0.25) is 5.91 Å². The van der Waals surface area contributed by atoms with Crippen LogP contribution in [0.2, 0.25) is 0 Å². The van der Waals surface area contributed by atoms with E-state index in [1.165, 1.54) is 25.9 Å². The molecule has 2 aliphatic heterocycles. The van der Waals surface area contributed by atoms with Crippen LogP contribution in [0, 0.1) is 5.92 Å². The van der Waals surface area contributed by atoms with Crippen LogP contribution in [0.1, 0.15) is 26.2 Å². The average Bonchev–Trinajstić information content (AvgIpc) is 2.37. The maximum absolute atomic E-state index is 12.0. The molecular formula is C13H25N3O. The fourth-order valence-electron chi connectivity index (χ4n) is 2.82. The van der Waals surface area contributed by atoms with Crippen LogP contribution in [0.5, 0.6) is 0 Å². The Balaban J connectivity index is 1.68. The molecule has 0 aromatic rings. The molecule has 4 heteroatoms. The summed E-state index contributed by atoms with van der Waals surface area (Å²) in [7, 11) is 0. The highest BCUT2D eigenvalue weighted by molar-refractivity contribution is 5.76. The third kappa shape index (κ3) is 3.96. The first-order valence-corrected chi connectivity index (χ1v) is 6.96. The average molecular weight is 239 g/mol. The quantitative estimate of drug-likeness (QED) is 0.781. The van der Waals surface area contributed by atoms with E-state index in [1.807, 2.05) is 4.90 Å². The van der Waals surface area contributed by atoms with E-state index in [0.717, 1.165) is 38.6 Å². The summed E-state index contributed by atoms with van der Waals surface area (Å²) in [4.78, 5) is 16.5. The van der Waals surface area contributed by atoms with Crippen molar-refractivity contribution >= 4 is 5.91 Å². The molecule has 1 unspecified atom stereocenters. The zero-order valence-electron chi connectivity index (χ0n) is 11.0. The van der Waals surface area contributed by atoms with Crippen molar-refractivity contribution in [3.05, 3.63) is 0 Å². The number of carbonyl (C=O) groups is 1. The number of carbonyl (C=O) groups excluding carboxylic acids is 1. The van der Waals surface area contributed by atoms with Gasteiger partial charge < -0.3 is 15.1 Å². The fraction of sp³-hybridized carbons (Fsp3) is 0.923. The van der Waals surface area contributed by atoms with Crippen LogP contribution >= 0.6 is 0 Å². The van der Waals surface area contributed by atoms with Crippen LogP contribution in [0.25, 0.3) is 0 Å². The standard InChI is InChI=1S/C13H25N3O/c1-12-3-2-7-15(11-12)8-4-13(17)16-9-5-14-6-10-16/h12,14H,2-11H2,1H3. The van der Waals surface area contributed by atoms with Crippen molar-refractivity contribution < 1.29 is 4.79 Å². The number of amides is 1. The van der Waals surface area contributed by atoms with Crippen LogP contribution in [0.3, 0.4) is 0 Å². The predicted octanol–water partition coefficient (Wildman–Crippen LogP) is 0.540. The van der Waals surface area contributed by atoms with E-state index in [4.69, 9.17) is 0 Å². The number of rotatable bonds is 3. The Morgan fingerprint density at radius 3 is 2.76 bits per heavy atom. The second-order valence-electron chi connectivity index (χ2n) is 5.43. The Morgan fingerprint density at radius 2 is 2.06 bits per heavy atom. The van der Waals surface area contributed by atoms with Crippen molar-refractivity contribution in [3.8, 4) is 0 Å². The van der Waals surface area contributed by atoms with E-state index >= 15 is 0 Å². The highest BCUT2D eigenvalue weighted by atomic mass is 16.2. The third-order valence-corrected chi connectivity index (χ3v) is 3.85. The Morgan fingerprint density at radius 1 is 1.29 bits per heavy atom. The van der Waals surface area contributed by atoms with Gasteiger partial charge in [-0.1, -0.05) is 6.92 Å². The molecule has 98 valence electrons. The van der Waals surface area contributed by atoms with Gasteiger partial charge in [-0.15, -0.1) is 0 Å². The SMILES string of the molecule is CC1CCCN(CCC(=O)N2CCNCC2)C1. The number of nitrogens with one attached hydrogen (secondary N) is 1. The minimum atomic E-state index is 0.338. The minimum absolute atomic E-state index is 0.338. The first-order valence-electron chi connectivity index (χ1n) is 6.96. The number of likely N-dealkylation sites (tertiary alicyclic amines) is 1. The Kier molecular flexibility index (Phi) is 4.80. The Bertz CT molecular complexity index is 251. The van der Waals surface area contributed by atoms with Gasteiger partial charge in [0.1, 0.15) is 0 Å². The zero-order chi connectivity index (χ0) is 12.1. The number of hydrogen-bond acceptors (Lipinski definition) is 3. The minimum Gasteiger partial charge on any atom is -0.340 e. The molecule has 1 amide bonds. The van der Waals surface area contributed by atoms with Crippen LogP contribution in [-0.2, 0) is 4.79 Å². The summed E-state index contributed by atoms with van der Waals surface area (Å²) < 4.78 is 0. The zero-order valence-corrected chi connectivity index (χ0v) is 11.0. The van der Waals surface area contributed by atoms with Crippen molar-refractivity contribution in [3.63, 3.8) is 0 Å². The van der Waals surface area contributed by atoms with Gasteiger partial charge in [0.15, 0.2) is 0 Å². The summed E-state index contributed by atoms with van der Waals surface area (Å²) in [6.45, 7) is 9.29. The molecule has 0 aliphatic carbocycles. The van der Waals surface area contributed by atoms with Crippen molar-refractivity contribution in [2.75, 3.05) is 45.8 Å². The van der Waals surface area contributed by atoms with Crippen LogP contribution in [0.4, 0.5) is 0 Å². The van der Waals surface area contributed by atoms with Gasteiger partial charge in [-0.3, -0.25) is 4.79 Å². The monoisotopic (exact) mass is 239 g/mol. The molecule has 0 aromatic carbocycles. The lowest BCUT2D eigenvalue weighted by atomic mass is 10.0. The van der Waals surface area contributed by atoms with E-state index in [-0.39, 0.29) is 0 Å². The Labute approximate surface area is 104 Å². The number of piperidine rings is 1. The van der Waals surface area contributed by atoms with Gasteiger partial charge in [-0.2, -0.15) is 0 Å². The molecule has 2 rings (SSSR count). The van der Waals surface area contributed by atoms with E-state index in [2.05, 4.69) is 17.1 Å². The third-order valence-electron chi connectivity index (χ3n) is 3.85. The molecule has 2 saturated heterocycles. The molecular weight excluding hydrogens is 214 g/mol.